The first-order chi connectivity index (χ1) is 8.06. The monoisotopic (exact) mass is 250 g/mol. The van der Waals surface area contributed by atoms with Gasteiger partial charge >= 0.3 is 0 Å². The van der Waals surface area contributed by atoms with Gasteiger partial charge in [-0.1, -0.05) is 11.6 Å². The number of anilines is 1. The van der Waals surface area contributed by atoms with Crippen LogP contribution in [0.1, 0.15) is 24.2 Å². The van der Waals surface area contributed by atoms with Gasteiger partial charge in [0, 0.05) is 18.8 Å². The average Bonchev–Trinajstić information content (AvgIpc) is 2.61. The molecule has 1 atom stereocenters. The molecule has 4 nitrogen and oxygen atoms in total. The molecule has 1 unspecified atom stereocenters. The summed E-state index contributed by atoms with van der Waals surface area (Å²) in [5, 5.41) is 8.19. The van der Waals surface area contributed by atoms with Crippen molar-refractivity contribution in [2.75, 3.05) is 5.32 Å². The highest BCUT2D eigenvalue weighted by atomic mass is 35.5. The predicted molar refractivity (Wildman–Crippen MR) is 69.2 cm³/mol. The molecule has 0 saturated heterocycles. The number of halogens is 1. The maximum Gasteiger partial charge on any atom is 0.129 e. The highest BCUT2D eigenvalue weighted by Crippen LogP contribution is 2.21. The third-order valence-electron chi connectivity index (χ3n) is 2.63. The number of aryl methyl sites for hydroxylation is 2. The van der Waals surface area contributed by atoms with E-state index in [0.29, 0.717) is 5.15 Å². The number of hydrogen-bond acceptors (Lipinski definition) is 3. The van der Waals surface area contributed by atoms with Crippen LogP contribution in [0.25, 0.3) is 0 Å². The van der Waals surface area contributed by atoms with E-state index in [1.807, 2.05) is 30.9 Å². The summed E-state index contributed by atoms with van der Waals surface area (Å²) >= 11 is 5.74. The second-order valence-corrected chi connectivity index (χ2v) is 4.47. The zero-order valence-corrected chi connectivity index (χ0v) is 10.9. The normalized spacial score (nSPS) is 12.5. The van der Waals surface area contributed by atoms with Crippen LogP contribution in [0.3, 0.4) is 0 Å². The van der Waals surface area contributed by atoms with Crippen molar-refractivity contribution in [3.8, 4) is 0 Å². The van der Waals surface area contributed by atoms with E-state index in [1.165, 1.54) is 5.56 Å². The Morgan fingerprint density at radius 3 is 2.71 bits per heavy atom. The molecule has 17 heavy (non-hydrogen) atoms. The number of aromatic nitrogens is 3. The van der Waals surface area contributed by atoms with Gasteiger partial charge in [-0.3, -0.25) is 4.68 Å². The molecular formula is C12H15ClN4. The largest absolute Gasteiger partial charge is 0.377 e. The van der Waals surface area contributed by atoms with E-state index in [2.05, 4.69) is 22.3 Å². The minimum Gasteiger partial charge on any atom is -0.377 e. The molecule has 0 aliphatic rings. The highest BCUT2D eigenvalue weighted by Gasteiger charge is 2.11. The van der Waals surface area contributed by atoms with E-state index in [9.17, 15) is 0 Å². The fourth-order valence-corrected chi connectivity index (χ4v) is 1.94. The van der Waals surface area contributed by atoms with Crippen LogP contribution in [0.2, 0.25) is 5.15 Å². The molecule has 0 aliphatic heterocycles. The number of rotatable bonds is 3. The fourth-order valence-electron chi connectivity index (χ4n) is 1.83. The summed E-state index contributed by atoms with van der Waals surface area (Å²) in [6.45, 7) is 4.10. The molecule has 0 amide bonds. The van der Waals surface area contributed by atoms with Crippen LogP contribution < -0.4 is 5.32 Å². The Labute approximate surface area is 106 Å². The maximum absolute atomic E-state index is 5.74. The Balaban J connectivity index is 2.14. The molecule has 2 aromatic heterocycles. The van der Waals surface area contributed by atoms with Gasteiger partial charge in [0.05, 0.1) is 23.6 Å². The van der Waals surface area contributed by atoms with E-state index < -0.39 is 0 Å². The first-order valence-corrected chi connectivity index (χ1v) is 5.82. The third kappa shape index (κ3) is 2.77. The lowest BCUT2D eigenvalue weighted by Gasteiger charge is -2.14. The molecule has 0 bridgehead atoms. The Hall–Kier alpha value is -1.55. The summed E-state index contributed by atoms with van der Waals surface area (Å²) in [6, 6.07) is 3.87. The SMILES string of the molecule is Cc1nn(C)cc1C(C)Nc1ccc(Cl)nc1. The lowest BCUT2D eigenvalue weighted by Crippen LogP contribution is -2.07. The van der Waals surface area contributed by atoms with E-state index in [4.69, 9.17) is 11.6 Å². The van der Waals surface area contributed by atoms with Crippen molar-refractivity contribution in [2.24, 2.45) is 7.05 Å². The van der Waals surface area contributed by atoms with Crippen molar-refractivity contribution in [3.63, 3.8) is 0 Å². The molecule has 2 heterocycles. The number of hydrogen-bond donors (Lipinski definition) is 1. The van der Waals surface area contributed by atoms with Crippen LogP contribution >= 0.6 is 11.6 Å². The number of nitrogens with one attached hydrogen (secondary N) is 1. The molecule has 5 heteroatoms. The Kier molecular flexibility index (Phi) is 3.33. The third-order valence-corrected chi connectivity index (χ3v) is 2.85. The average molecular weight is 251 g/mol. The van der Waals surface area contributed by atoms with Gasteiger partial charge in [-0.2, -0.15) is 5.10 Å². The standard InChI is InChI=1S/C12H15ClN4/c1-8(11-7-17(3)16-9(11)2)15-10-4-5-12(13)14-6-10/h4-8,15H,1-3H3. The van der Waals surface area contributed by atoms with Crippen molar-refractivity contribution in [2.45, 2.75) is 19.9 Å². The predicted octanol–water partition coefficient (Wildman–Crippen LogP) is 2.95. The summed E-state index contributed by atoms with van der Waals surface area (Å²) in [7, 11) is 1.92. The Morgan fingerprint density at radius 2 is 2.18 bits per heavy atom. The molecular weight excluding hydrogens is 236 g/mol. The van der Waals surface area contributed by atoms with Gasteiger partial charge < -0.3 is 5.32 Å². The van der Waals surface area contributed by atoms with Crippen LogP contribution in [0, 0.1) is 6.92 Å². The first kappa shape index (κ1) is 11.9. The van der Waals surface area contributed by atoms with Crippen LogP contribution in [0.15, 0.2) is 24.5 Å². The molecule has 0 radical (unpaired) electrons. The van der Waals surface area contributed by atoms with E-state index in [0.717, 1.165) is 11.4 Å². The van der Waals surface area contributed by atoms with Crippen LogP contribution in [-0.4, -0.2) is 14.8 Å². The Bertz CT molecular complexity index is 504. The first-order valence-electron chi connectivity index (χ1n) is 5.44. The molecule has 2 aromatic rings. The molecule has 0 saturated carbocycles. The van der Waals surface area contributed by atoms with Gasteiger partial charge in [-0.05, 0) is 26.0 Å². The second kappa shape index (κ2) is 4.75. The smallest absolute Gasteiger partial charge is 0.129 e. The summed E-state index contributed by atoms with van der Waals surface area (Å²) < 4.78 is 1.82. The van der Waals surface area contributed by atoms with Gasteiger partial charge in [-0.15, -0.1) is 0 Å². The maximum atomic E-state index is 5.74. The van der Waals surface area contributed by atoms with Crippen molar-refractivity contribution in [3.05, 3.63) is 40.9 Å². The summed E-state index contributed by atoms with van der Waals surface area (Å²) in [5.74, 6) is 0. The van der Waals surface area contributed by atoms with Crippen LogP contribution in [0.5, 0.6) is 0 Å². The lowest BCUT2D eigenvalue weighted by atomic mass is 10.1. The van der Waals surface area contributed by atoms with Crippen molar-refractivity contribution in [1.29, 1.82) is 0 Å². The van der Waals surface area contributed by atoms with Crippen LogP contribution in [-0.2, 0) is 7.05 Å². The zero-order chi connectivity index (χ0) is 12.4. The summed E-state index contributed by atoms with van der Waals surface area (Å²) in [4.78, 5) is 4.04. The van der Waals surface area contributed by atoms with Crippen molar-refractivity contribution < 1.29 is 0 Å². The molecule has 0 aromatic carbocycles. The van der Waals surface area contributed by atoms with Crippen molar-refractivity contribution in [1.82, 2.24) is 14.8 Å². The van der Waals surface area contributed by atoms with Gasteiger partial charge in [-0.25, -0.2) is 4.98 Å². The van der Waals surface area contributed by atoms with E-state index in [1.54, 1.807) is 12.3 Å². The van der Waals surface area contributed by atoms with Crippen molar-refractivity contribution >= 4 is 17.3 Å². The van der Waals surface area contributed by atoms with Gasteiger partial charge in [0.2, 0.25) is 0 Å². The second-order valence-electron chi connectivity index (χ2n) is 4.08. The van der Waals surface area contributed by atoms with Gasteiger partial charge in [0.1, 0.15) is 5.15 Å². The molecule has 0 spiro atoms. The molecule has 90 valence electrons. The number of pyridine rings is 1. The highest BCUT2D eigenvalue weighted by molar-refractivity contribution is 6.29. The summed E-state index contributed by atoms with van der Waals surface area (Å²) in [5.41, 5.74) is 3.17. The van der Waals surface area contributed by atoms with Gasteiger partial charge in [0.25, 0.3) is 0 Å². The molecule has 2 rings (SSSR count). The topological polar surface area (TPSA) is 42.7 Å². The van der Waals surface area contributed by atoms with Crippen LogP contribution in [0.4, 0.5) is 5.69 Å². The number of nitrogens with zero attached hydrogens (tertiary/aromatic N) is 3. The molecule has 0 fully saturated rings. The quantitative estimate of drug-likeness (QED) is 0.852. The molecule has 1 N–H and O–H groups in total. The Morgan fingerprint density at radius 1 is 1.41 bits per heavy atom. The van der Waals surface area contributed by atoms with E-state index in [-0.39, 0.29) is 6.04 Å². The zero-order valence-electron chi connectivity index (χ0n) is 10.1. The minimum absolute atomic E-state index is 0.187. The van der Waals surface area contributed by atoms with Gasteiger partial charge in [0.15, 0.2) is 0 Å². The van der Waals surface area contributed by atoms with E-state index >= 15 is 0 Å². The molecule has 0 aliphatic carbocycles. The fraction of sp³-hybridized carbons (Fsp3) is 0.333. The minimum atomic E-state index is 0.187. The summed E-state index contributed by atoms with van der Waals surface area (Å²) in [6.07, 6.45) is 3.75. The lowest BCUT2D eigenvalue weighted by molar-refractivity contribution is 0.756.